The smallest absolute Gasteiger partial charge is 0.304 e. The maximum absolute atomic E-state index is 10.7. The molecule has 15 heavy (non-hydrogen) atoms. The van der Waals surface area contributed by atoms with Gasteiger partial charge in [0.15, 0.2) is 0 Å². The van der Waals surface area contributed by atoms with Gasteiger partial charge in [-0.2, -0.15) is 0 Å². The van der Waals surface area contributed by atoms with Crippen molar-refractivity contribution in [1.29, 1.82) is 0 Å². The van der Waals surface area contributed by atoms with E-state index in [-0.39, 0.29) is 0 Å². The molecule has 1 aliphatic carbocycles. The van der Waals surface area contributed by atoms with Crippen LogP contribution in [0.4, 0.5) is 0 Å². The molecule has 3 heteroatoms. The van der Waals surface area contributed by atoms with E-state index in [9.17, 15) is 4.79 Å². The minimum Gasteiger partial charge on any atom is -0.481 e. The number of hydrogen-bond donors (Lipinski definition) is 1. The first kappa shape index (κ1) is 10.9. The van der Waals surface area contributed by atoms with E-state index >= 15 is 0 Å². The number of carboxylic acid groups (broad SMARTS) is 1. The Kier molecular flexibility index (Phi) is 3.29. The molecule has 0 aromatic carbocycles. The van der Waals surface area contributed by atoms with E-state index in [4.69, 9.17) is 5.11 Å². The van der Waals surface area contributed by atoms with Crippen LogP contribution in [0.2, 0.25) is 0 Å². The molecular weight excluding hydrogens is 190 g/mol. The molecule has 0 aromatic rings. The minimum atomic E-state index is -0.648. The minimum absolute atomic E-state index is 0.302. The van der Waals surface area contributed by atoms with Crippen molar-refractivity contribution in [1.82, 2.24) is 4.90 Å². The van der Waals surface area contributed by atoms with Crippen molar-refractivity contribution in [2.75, 3.05) is 6.54 Å². The predicted molar refractivity (Wildman–Crippen MR) is 58.8 cm³/mol. The van der Waals surface area contributed by atoms with Gasteiger partial charge in [0.25, 0.3) is 0 Å². The van der Waals surface area contributed by atoms with Crippen molar-refractivity contribution in [3.05, 3.63) is 0 Å². The lowest BCUT2D eigenvalue weighted by atomic mass is 10.1. The van der Waals surface area contributed by atoms with Crippen molar-refractivity contribution < 1.29 is 9.90 Å². The topological polar surface area (TPSA) is 40.5 Å². The van der Waals surface area contributed by atoms with Gasteiger partial charge in [-0.25, -0.2) is 0 Å². The second-order valence-corrected chi connectivity index (χ2v) is 5.16. The molecule has 0 aromatic heterocycles. The summed E-state index contributed by atoms with van der Waals surface area (Å²) >= 11 is 0. The van der Waals surface area contributed by atoms with Crippen LogP contribution in [0, 0.1) is 5.92 Å². The van der Waals surface area contributed by atoms with E-state index in [1.54, 1.807) is 0 Å². The zero-order chi connectivity index (χ0) is 10.8. The Hall–Kier alpha value is -0.570. The fourth-order valence-electron chi connectivity index (χ4n) is 2.83. The first-order chi connectivity index (χ1) is 7.16. The average Bonchev–Trinajstić information content (AvgIpc) is 2.83. The normalized spacial score (nSPS) is 29.3. The van der Waals surface area contributed by atoms with Gasteiger partial charge in [0.1, 0.15) is 0 Å². The first-order valence-corrected chi connectivity index (χ1v) is 6.14. The van der Waals surface area contributed by atoms with Gasteiger partial charge in [-0.05, 0) is 38.6 Å². The summed E-state index contributed by atoms with van der Waals surface area (Å²) < 4.78 is 0. The monoisotopic (exact) mass is 211 g/mol. The average molecular weight is 211 g/mol. The van der Waals surface area contributed by atoms with Crippen LogP contribution in [0.25, 0.3) is 0 Å². The van der Waals surface area contributed by atoms with Crippen LogP contribution < -0.4 is 0 Å². The molecule has 2 unspecified atom stereocenters. The predicted octanol–water partition coefficient (Wildman–Crippen LogP) is 2.11. The van der Waals surface area contributed by atoms with Crippen LogP contribution in [-0.4, -0.2) is 34.6 Å². The summed E-state index contributed by atoms with van der Waals surface area (Å²) in [6, 6.07) is 0.889. The molecule has 3 nitrogen and oxygen atoms in total. The van der Waals surface area contributed by atoms with Gasteiger partial charge in [-0.1, -0.05) is 12.8 Å². The number of hydrogen-bond acceptors (Lipinski definition) is 2. The van der Waals surface area contributed by atoms with E-state index in [2.05, 4.69) is 11.8 Å². The van der Waals surface area contributed by atoms with Gasteiger partial charge >= 0.3 is 5.97 Å². The lowest BCUT2D eigenvalue weighted by molar-refractivity contribution is -0.138. The van der Waals surface area contributed by atoms with Gasteiger partial charge < -0.3 is 5.11 Å². The molecular formula is C12H21NO2. The molecule has 2 rings (SSSR count). The summed E-state index contributed by atoms with van der Waals surface area (Å²) in [4.78, 5) is 13.2. The van der Waals surface area contributed by atoms with E-state index in [0.29, 0.717) is 18.5 Å². The van der Waals surface area contributed by atoms with Gasteiger partial charge in [0.2, 0.25) is 0 Å². The first-order valence-electron chi connectivity index (χ1n) is 6.14. The van der Waals surface area contributed by atoms with E-state index in [1.165, 1.54) is 25.7 Å². The SMILES string of the molecule is CC(CC1CC1)N1CCCC1CC(=O)O. The van der Waals surface area contributed by atoms with Crippen LogP contribution in [0.1, 0.15) is 45.4 Å². The lowest BCUT2D eigenvalue weighted by Gasteiger charge is -2.30. The Morgan fingerprint density at radius 2 is 2.20 bits per heavy atom. The Bertz CT molecular complexity index is 238. The highest BCUT2D eigenvalue weighted by Gasteiger charge is 2.33. The largest absolute Gasteiger partial charge is 0.481 e. The number of aliphatic carboxylic acids is 1. The van der Waals surface area contributed by atoms with Crippen molar-refractivity contribution >= 4 is 5.97 Å². The summed E-state index contributed by atoms with van der Waals surface area (Å²) in [7, 11) is 0. The van der Waals surface area contributed by atoms with Crippen LogP contribution in [0.3, 0.4) is 0 Å². The van der Waals surface area contributed by atoms with Crippen molar-refractivity contribution in [3.8, 4) is 0 Å². The molecule has 0 bridgehead atoms. The Balaban J connectivity index is 1.84. The van der Waals surface area contributed by atoms with Crippen molar-refractivity contribution in [2.45, 2.75) is 57.5 Å². The van der Waals surface area contributed by atoms with Gasteiger partial charge in [-0.3, -0.25) is 9.69 Å². The second kappa shape index (κ2) is 4.52. The fraction of sp³-hybridized carbons (Fsp3) is 0.917. The summed E-state index contributed by atoms with van der Waals surface area (Å²) in [5, 5.41) is 8.84. The third kappa shape index (κ3) is 2.94. The zero-order valence-corrected chi connectivity index (χ0v) is 9.48. The highest BCUT2D eigenvalue weighted by Crippen LogP contribution is 2.36. The third-order valence-corrected chi connectivity index (χ3v) is 3.77. The standard InChI is InChI=1S/C12H21NO2/c1-9(7-10-4-5-10)13-6-2-3-11(13)8-12(14)15/h9-11H,2-8H2,1H3,(H,14,15). The van der Waals surface area contributed by atoms with Crippen LogP contribution in [0.15, 0.2) is 0 Å². The summed E-state index contributed by atoms with van der Waals surface area (Å²) in [6.07, 6.45) is 6.63. The molecule has 0 spiro atoms. The molecule has 86 valence electrons. The van der Waals surface area contributed by atoms with Gasteiger partial charge in [0.05, 0.1) is 6.42 Å². The molecule has 1 saturated carbocycles. The van der Waals surface area contributed by atoms with Crippen LogP contribution in [0.5, 0.6) is 0 Å². The molecule has 2 fully saturated rings. The Labute approximate surface area is 91.5 Å². The molecule has 1 N–H and O–H groups in total. The second-order valence-electron chi connectivity index (χ2n) is 5.16. The number of likely N-dealkylation sites (tertiary alicyclic amines) is 1. The molecule has 1 saturated heterocycles. The van der Waals surface area contributed by atoms with Crippen molar-refractivity contribution in [2.24, 2.45) is 5.92 Å². The molecule has 0 amide bonds. The number of nitrogens with zero attached hydrogens (tertiary/aromatic N) is 1. The maximum atomic E-state index is 10.7. The van der Waals surface area contributed by atoms with Crippen LogP contribution in [-0.2, 0) is 4.79 Å². The summed E-state index contributed by atoms with van der Waals surface area (Å²) in [5.41, 5.74) is 0. The van der Waals surface area contributed by atoms with E-state index in [1.807, 2.05) is 0 Å². The lowest BCUT2D eigenvalue weighted by Crippen LogP contribution is -2.38. The molecule has 1 aliphatic heterocycles. The number of rotatable bonds is 5. The highest BCUT2D eigenvalue weighted by atomic mass is 16.4. The molecule has 2 atom stereocenters. The highest BCUT2D eigenvalue weighted by molar-refractivity contribution is 5.67. The van der Waals surface area contributed by atoms with E-state index < -0.39 is 5.97 Å². The van der Waals surface area contributed by atoms with Gasteiger partial charge in [-0.15, -0.1) is 0 Å². The molecule has 2 aliphatic rings. The summed E-state index contributed by atoms with van der Waals surface area (Å²) in [6.45, 7) is 3.37. The third-order valence-electron chi connectivity index (χ3n) is 3.77. The van der Waals surface area contributed by atoms with Crippen LogP contribution >= 0.6 is 0 Å². The summed E-state index contributed by atoms with van der Waals surface area (Å²) in [5.74, 6) is 0.289. The maximum Gasteiger partial charge on any atom is 0.304 e. The Morgan fingerprint density at radius 3 is 2.80 bits per heavy atom. The number of carbonyl (C=O) groups is 1. The zero-order valence-electron chi connectivity index (χ0n) is 9.48. The number of carboxylic acids is 1. The Morgan fingerprint density at radius 1 is 1.47 bits per heavy atom. The van der Waals surface area contributed by atoms with E-state index in [0.717, 1.165) is 18.9 Å². The van der Waals surface area contributed by atoms with Crippen molar-refractivity contribution in [3.63, 3.8) is 0 Å². The van der Waals surface area contributed by atoms with Gasteiger partial charge in [0, 0.05) is 12.1 Å². The quantitative estimate of drug-likeness (QED) is 0.757. The fourth-order valence-corrected chi connectivity index (χ4v) is 2.83. The molecule has 1 heterocycles. The molecule has 0 radical (unpaired) electrons.